The fraction of sp³-hybridized carbons (Fsp3) is 0.562. The minimum absolute atomic E-state index is 0.102. The van der Waals surface area contributed by atoms with E-state index in [1.54, 1.807) is 46.0 Å². The lowest BCUT2D eigenvalue weighted by molar-refractivity contribution is 0.0205. The summed E-state index contributed by atoms with van der Waals surface area (Å²) in [6.45, 7) is 5.48. The first-order chi connectivity index (χ1) is 10.2. The van der Waals surface area contributed by atoms with Crippen molar-refractivity contribution < 1.29 is 24.1 Å². The minimum atomic E-state index is -0.874. The molecule has 1 aromatic rings. The van der Waals surface area contributed by atoms with Gasteiger partial charge in [0, 0.05) is 13.1 Å². The molecule has 124 valence electrons. The molecule has 0 saturated heterocycles. The Morgan fingerprint density at radius 1 is 1.18 bits per heavy atom. The standard InChI is InChI=1S/C16H25NO5/c1-16(2,3)22-15(19)17(4)10-14(18)11-7-12(20-5)9-13(8-11)21-6/h7-9,14,18H,10H2,1-6H3. The van der Waals surface area contributed by atoms with Crippen molar-refractivity contribution in [3.8, 4) is 11.5 Å². The molecule has 1 unspecified atom stereocenters. The smallest absolute Gasteiger partial charge is 0.410 e. The number of carbonyl (C=O) groups excluding carboxylic acids is 1. The Hall–Kier alpha value is -1.95. The zero-order valence-corrected chi connectivity index (χ0v) is 14.0. The molecule has 0 heterocycles. The normalized spacial score (nSPS) is 12.5. The van der Waals surface area contributed by atoms with Gasteiger partial charge >= 0.3 is 6.09 Å². The highest BCUT2D eigenvalue weighted by molar-refractivity contribution is 5.67. The van der Waals surface area contributed by atoms with Gasteiger partial charge in [-0.05, 0) is 38.5 Å². The number of aliphatic hydroxyl groups excluding tert-OH is 1. The van der Waals surface area contributed by atoms with Crippen molar-refractivity contribution in [3.63, 3.8) is 0 Å². The molecule has 0 aliphatic heterocycles. The SMILES string of the molecule is COc1cc(OC)cc(C(O)CN(C)C(=O)OC(C)(C)C)c1. The van der Waals surface area contributed by atoms with Crippen LogP contribution < -0.4 is 9.47 Å². The van der Waals surface area contributed by atoms with Gasteiger partial charge in [0.05, 0.1) is 26.9 Å². The molecule has 6 nitrogen and oxygen atoms in total. The van der Waals surface area contributed by atoms with Gasteiger partial charge in [0.2, 0.25) is 0 Å². The molecule has 0 aliphatic rings. The molecule has 0 spiro atoms. The number of aliphatic hydroxyl groups is 1. The van der Waals surface area contributed by atoms with Gasteiger partial charge in [-0.3, -0.25) is 0 Å². The number of benzene rings is 1. The molecule has 1 atom stereocenters. The van der Waals surface area contributed by atoms with E-state index in [-0.39, 0.29) is 6.54 Å². The average molecular weight is 311 g/mol. The summed E-state index contributed by atoms with van der Waals surface area (Å²) in [7, 11) is 4.66. The van der Waals surface area contributed by atoms with Crippen molar-refractivity contribution >= 4 is 6.09 Å². The highest BCUT2D eigenvalue weighted by Gasteiger charge is 2.22. The number of carbonyl (C=O) groups is 1. The molecule has 1 amide bonds. The number of nitrogens with zero attached hydrogens (tertiary/aromatic N) is 1. The molecule has 22 heavy (non-hydrogen) atoms. The van der Waals surface area contributed by atoms with E-state index < -0.39 is 17.8 Å². The number of hydrogen-bond acceptors (Lipinski definition) is 5. The number of amides is 1. The van der Waals surface area contributed by atoms with Gasteiger partial charge in [0.25, 0.3) is 0 Å². The first-order valence-electron chi connectivity index (χ1n) is 7.01. The van der Waals surface area contributed by atoms with E-state index >= 15 is 0 Å². The van der Waals surface area contributed by atoms with Crippen LogP contribution in [0, 0.1) is 0 Å². The zero-order chi connectivity index (χ0) is 16.9. The first-order valence-corrected chi connectivity index (χ1v) is 7.01. The summed E-state index contributed by atoms with van der Waals surface area (Å²) < 4.78 is 15.6. The Bertz CT molecular complexity index is 487. The number of ether oxygens (including phenoxy) is 3. The molecule has 6 heteroatoms. The molecule has 0 bridgehead atoms. The quantitative estimate of drug-likeness (QED) is 0.905. The molecule has 0 fully saturated rings. The lowest BCUT2D eigenvalue weighted by Crippen LogP contribution is -2.36. The zero-order valence-electron chi connectivity index (χ0n) is 14.0. The number of methoxy groups -OCH3 is 2. The van der Waals surface area contributed by atoms with Crippen molar-refractivity contribution in [2.24, 2.45) is 0 Å². The van der Waals surface area contributed by atoms with E-state index in [4.69, 9.17) is 14.2 Å². The number of likely N-dealkylation sites (N-methyl/N-ethyl adjacent to an activating group) is 1. The van der Waals surface area contributed by atoms with Crippen molar-refractivity contribution in [1.29, 1.82) is 0 Å². The summed E-state index contributed by atoms with van der Waals surface area (Å²) >= 11 is 0. The van der Waals surface area contributed by atoms with Crippen molar-refractivity contribution in [1.82, 2.24) is 4.90 Å². The summed E-state index contributed by atoms with van der Waals surface area (Å²) in [5.41, 5.74) is 0.0294. The minimum Gasteiger partial charge on any atom is -0.497 e. The Labute approximate surface area is 131 Å². The van der Waals surface area contributed by atoms with Crippen LogP contribution in [0.15, 0.2) is 18.2 Å². The van der Waals surface area contributed by atoms with Gasteiger partial charge in [-0.25, -0.2) is 4.79 Å². The fourth-order valence-electron chi connectivity index (χ4n) is 1.80. The molecule has 0 aromatic heterocycles. The fourth-order valence-corrected chi connectivity index (χ4v) is 1.80. The van der Waals surface area contributed by atoms with Gasteiger partial charge in [0.1, 0.15) is 17.1 Å². The summed E-state index contributed by atoms with van der Waals surface area (Å²) in [5, 5.41) is 10.3. The summed E-state index contributed by atoms with van der Waals surface area (Å²) in [5.74, 6) is 1.15. The summed E-state index contributed by atoms with van der Waals surface area (Å²) in [6, 6.07) is 5.13. The van der Waals surface area contributed by atoms with Crippen LogP contribution >= 0.6 is 0 Å². The van der Waals surface area contributed by atoms with Crippen LogP contribution in [0.25, 0.3) is 0 Å². The maximum Gasteiger partial charge on any atom is 0.410 e. The maximum atomic E-state index is 11.9. The van der Waals surface area contributed by atoms with Crippen LogP contribution in [0.4, 0.5) is 4.79 Å². The van der Waals surface area contributed by atoms with Crippen molar-refractivity contribution in [2.45, 2.75) is 32.5 Å². The Kier molecular flexibility index (Phi) is 6.05. The van der Waals surface area contributed by atoms with E-state index in [9.17, 15) is 9.90 Å². The molecular formula is C16H25NO5. The van der Waals surface area contributed by atoms with Gasteiger partial charge in [-0.2, -0.15) is 0 Å². The maximum absolute atomic E-state index is 11.9. The second-order valence-corrected chi connectivity index (χ2v) is 6.02. The van der Waals surface area contributed by atoms with Crippen LogP contribution in [0.1, 0.15) is 32.4 Å². The summed E-state index contributed by atoms with van der Waals surface area (Å²) in [6.07, 6.45) is -1.36. The third-order valence-electron chi connectivity index (χ3n) is 2.91. The first kappa shape index (κ1) is 18.1. The summed E-state index contributed by atoms with van der Waals surface area (Å²) in [4.78, 5) is 13.3. The van der Waals surface area contributed by atoms with Gasteiger partial charge in [-0.15, -0.1) is 0 Å². The monoisotopic (exact) mass is 311 g/mol. The van der Waals surface area contributed by atoms with Gasteiger partial charge in [-0.1, -0.05) is 0 Å². The second-order valence-electron chi connectivity index (χ2n) is 6.02. The molecule has 1 aromatic carbocycles. The Morgan fingerprint density at radius 3 is 2.09 bits per heavy atom. The van der Waals surface area contributed by atoms with Crippen molar-refractivity contribution in [2.75, 3.05) is 27.8 Å². The average Bonchev–Trinajstić information content (AvgIpc) is 2.44. The van der Waals surface area contributed by atoms with Crippen LogP contribution in [0.5, 0.6) is 11.5 Å². The number of hydrogen-bond donors (Lipinski definition) is 1. The van der Waals surface area contributed by atoms with Crippen LogP contribution in [0.2, 0.25) is 0 Å². The van der Waals surface area contributed by atoms with E-state index in [1.165, 1.54) is 19.1 Å². The third-order valence-corrected chi connectivity index (χ3v) is 2.91. The largest absolute Gasteiger partial charge is 0.497 e. The van der Waals surface area contributed by atoms with Crippen LogP contribution in [-0.2, 0) is 4.74 Å². The number of rotatable bonds is 5. The van der Waals surface area contributed by atoms with E-state index in [0.717, 1.165) is 0 Å². The molecule has 0 aliphatic carbocycles. The van der Waals surface area contributed by atoms with Crippen molar-refractivity contribution in [3.05, 3.63) is 23.8 Å². The Balaban J connectivity index is 2.79. The van der Waals surface area contributed by atoms with Crippen LogP contribution in [-0.4, -0.2) is 49.5 Å². The lowest BCUT2D eigenvalue weighted by atomic mass is 10.1. The predicted molar refractivity (Wildman–Crippen MR) is 83.4 cm³/mol. The van der Waals surface area contributed by atoms with E-state index in [0.29, 0.717) is 17.1 Å². The second kappa shape index (κ2) is 7.35. The van der Waals surface area contributed by atoms with E-state index in [1.807, 2.05) is 0 Å². The third kappa shape index (κ3) is 5.44. The highest BCUT2D eigenvalue weighted by atomic mass is 16.6. The molecular weight excluding hydrogens is 286 g/mol. The molecule has 0 saturated carbocycles. The topological polar surface area (TPSA) is 68.2 Å². The predicted octanol–water partition coefficient (Wildman–Crippen LogP) is 2.60. The van der Waals surface area contributed by atoms with E-state index in [2.05, 4.69) is 0 Å². The molecule has 0 radical (unpaired) electrons. The molecule has 1 rings (SSSR count). The van der Waals surface area contributed by atoms with Gasteiger partial charge in [0.15, 0.2) is 0 Å². The highest BCUT2D eigenvalue weighted by Crippen LogP contribution is 2.27. The molecule has 1 N–H and O–H groups in total. The lowest BCUT2D eigenvalue weighted by Gasteiger charge is -2.26. The van der Waals surface area contributed by atoms with Gasteiger partial charge < -0.3 is 24.2 Å². The Morgan fingerprint density at radius 2 is 1.68 bits per heavy atom. The van der Waals surface area contributed by atoms with Crippen LogP contribution in [0.3, 0.4) is 0 Å².